The molecule has 0 saturated heterocycles. The van der Waals surface area contributed by atoms with Gasteiger partial charge in [0.25, 0.3) is 0 Å². The average molecular weight is 479 g/mol. The molecule has 2 N–H and O–H groups in total. The van der Waals surface area contributed by atoms with Gasteiger partial charge in [-0.1, -0.05) is 61.9 Å². The number of amides is 2. The van der Waals surface area contributed by atoms with Crippen molar-refractivity contribution in [3.8, 4) is 11.1 Å². The molecule has 0 aromatic heterocycles. The van der Waals surface area contributed by atoms with Crippen molar-refractivity contribution in [1.82, 2.24) is 10.2 Å². The highest BCUT2D eigenvalue weighted by Gasteiger charge is 2.33. The fraction of sp³-hybridized carbons (Fsp3) is 0.464. The van der Waals surface area contributed by atoms with Crippen molar-refractivity contribution < 1.29 is 24.2 Å². The monoisotopic (exact) mass is 478 g/mol. The van der Waals surface area contributed by atoms with Crippen molar-refractivity contribution in [2.75, 3.05) is 19.7 Å². The van der Waals surface area contributed by atoms with E-state index in [0.717, 1.165) is 36.8 Å². The van der Waals surface area contributed by atoms with Gasteiger partial charge in [0.15, 0.2) is 0 Å². The first kappa shape index (κ1) is 24.8. The zero-order valence-corrected chi connectivity index (χ0v) is 20.2. The van der Waals surface area contributed by atoms with Gasteiger partial charge in [0, 0.05) is 31.5 Å². The Bertz CT molecular complexity index is 1020. The second-order valence-electron chi connectivity index (χ2n) is 9.50. The molecule has 7 nitrogen and oxygen atoms in total. The number of carbonyl (C=O) groups is 3. The molecule has 35 heavy (non-hydrogen) atoms. The molecule has 2 aromatic carbocycles. The maximum absolute atomic E-state index is 13.0. The van der Waals surface area contributed by atoms with E-state index in [0.29, 0.717) is 6.54 Å². The van der Waals surface area contributed by atoms with E-state index in [2.05, 4.69) is 29.6 Å². The Morgan fingerprint density at radius 3 is 2.20 bits per heavy atom. The van der Waals surface area contributed by atoms with E-state index in [1.54, 1.807) is 4.90 Å². The SMILES string of the molecule is CCCN(CCC(=O)O)C(=O)CC(NC(=O)OCC1c2ccccc2-c2ccccc21)C1CCC1. The molecule has 7 heteroatoms. The van der Waals surface area contributed by atoms with Gasteiger partial charge < -0.3 is 20.1 Å². The summed E-state index contributed by atoms with van der Waals surface area (Å²) >= 11 is 0. The highest BCUT2D eigenvalue weighted by atomic mass is 16.5. The molecular weight excluding hydrogens is 444 g/mol. The van der Waals surface area contributed by atoms with Crippen molar-refractivity contribution in [2.24, 2.45) is 5.92 Å². The third-order valence-corrected chi connectivity index (χ3v) is 7.20. The molecule has 1 atom stereocenters. The number of ether oxygens (including phenoxy) is 1. The first-order valence-electron chi connectivity index (χ1n) is 12.6. The number of carbonyl (C=O) groups excluding carboxylic acids is 2. The topological polar surface area (TPSA) is 95.9 Å². The molecule has 2 aliphatic carbocycles. The van der Waals surface area contributed by atoms with E-state index >= 15 is 0 Å². The number of benzene rings is 2. The number of hydrogen-bond donors (Lipinski definition) is 2. The summed E-state index contributed by atoms with van der Waals surface area (Å²) in [5.74, 6) is -0.828. The van der Waals surface area contributed by atoms with Crippen LogP contribution in [0.25, 0.3) is 11.1 Å². The predicted octanol–water partition coefficient (Wildman–Crippen LogP) is 4.80. The van der Waals surface area contributed by atoms with Gasteiger partial charge in [-0.3, -0.25) is 9.59 Å². The Kier molecular flexibility index (Phi) is 8.06. The Labute approximate surface area is 206 Å². The number of nitrogens with zero attached hydrogens (tertiary/aromatic N) is 1. The first-order chi connectivity index (χ1) is 17.0. The van der Waals surface area contributed by atoms with Gasteiger partial charge in [0.1, 0.15) is 6.61 Å². The number of rotatable bonds is 11. The molecule has 1 saturated carbocycles. The number of nitrogens with one attached hydrogen (secondary N) is 1. The number of aliphatic carboxylic acids is 1. The highest BCUT2D eigenvalue weighted by Crippen LogP contribution is 2.44. The van der Waals surface area contributed by atoms with Gasteiger partial charge >= 0.3 is 12.1 Å². The smallest absolute Gasteiger partial charge is 0.407 e. The molecule has 1 unspecified atom stereocenters. The van der Waals surface area contributed by atoms with Crippen LogP contribution in [0, 0.1) is 5.92 Å². The quantitative estimate of drug-likeness (QED) is 0.484. The summed E-state index contributed by atoms with van der Waals surface area (Å²) in [6, 6.07) is 16.1. The fourth-order valence-electron chi connectivity index (χ4n) is 5.15. The van der Waals surface area contributed by atoms with E-state index < -0.39 is 12.1 Å². The summed E-state index contributed by atoms with van der Waals surface area (Å²) in [5.41, 5.74) is 4.65. The summed E-state index contributed by atoms with van der Waals surface area (Å²) in [6.07, 6.45) is 3.33. The summed E-state index contributed by atoms with van der Waals surface area (Å²) in [5, 5.41) is 12.0. The molecule has 0 spiro atoms. The average Bonchev–Trinajstić information content (AvgIpc) is 3.13. The van der Waals surface area contributed by atoms with Crippen LogP contribution in [0.15, 0.2) is 48.5 Å². The number of alkyl carbamates (subject to hydrolysis) is 1. The van der Waals surface area contributed by atoms with E-state index in [9.17, 15) is 14.4 Å². The van der Waals surface area contributed by atoms with E-state index in [1.807, 2.05) is 31.2 Å². The van der Waals surface area contributed by atoms with Crippen LogP contribution in [0.1, 0.15) is 62.5 Å². The van der Waals surface area contributed by atoms with Crippen molar-refractivity contribution in [1.29, 1.82) is 0 Å². The summed E-state index contributed by atoms with van der Waals surface area (Å²) in [6.45, 7) is 2.88. The molecule has 186 valence electrons. The van der Waals surface area contributed by atoms with Gasteiger partial charge in [0.2, 0.25) is 5.91 Å². The van der Waals surface area contributed by atoms with Crippen LogP contribution in [-0.4, -0.2) is 53.7 Å². The summed E-state index contributed by atoms with van der Waals surface area (Å²) in [4.78, 5) is 38.4. The van der Waals surface area contributed by atoms with Crippen LogP contribution in [0.3, 0.4) is 0 Å². The summed E-state index contributed by atoms with van der Waals surface area (Å²) < 4.78 is 5.70. The maximum atomic E-state index is 13.0. The highest BCUT2D eigenvalue weighted by molar-refractivity contribution is 5.80. The molecule has 4 rings (SSSR count). The third-order valence-electron chi connectivity index (χ3n) is 7.20. The van der Waals surface area contributed by atoms with Gasteiger partial charge in [-0.25, -0.2) is 4.79 Å². The molecule has 2 aliphatic rings. The maximum Gasteiger partial charge on any atom is 0.407 e. The lowest BCUT2D eigenvalue weighted by atomic mass is 9.78. The standard InChI is InChI=1S/C28H34N2O5/c1-2-15-30(16-14-27(32)33)26(31)17-25(19-8-7-9-19)29-28(34)35-18-24-22-12-5-3-10-20(22)21-11-4-6-13-23(21)24/h3-6,10-13,19,24-25H,2,7-9,14-18H2,1H3,(H,29,34)(H,32,33). The Morgan fingerprint density at radius 2 is 1.66 bits per heavy atom. The van der Waals surface area contributed by atoms with Gasteiger partial charge in [-0.2, -0.15) is 0 Å². The molecule has 2 aromatic rings. The molecule has 2 amide bonds. The van der Waals surface area contributed by atoms with Crippen molar-refractivity contribution >= 4 is 18.0 Å². The zero-order chi connectivity index (χ0) is 24.8. The first-order valence-corrected chi connectivity index (χ1v) is 12.6. The van der Waals surface area contributed by atoms with Crippen molar-refractivity contribution in [3.63, 3.8) is 0 Å². The number of fused-ring (bicyclic) bond motifs is 3. The van der Waals surface area contributed by atoms with E-state index in [4.69, 9.17) is 9.84 Å². The van der Waals surface area contributed by atoms with Crippen LogP contribution < -0.4 is 5.32 Å². The van der Waals surface area contributed by atoms with E-state index in [1.165, 1.54) is 11.1 Å². The second kappa shape index (κ2) is 11.4. The molecule has 0 aliphatic heterocycles. The van der Waals surface area contributed by atoms with Crippen LogP contribution in [0.5, 0.6) is 0 Å². The minimum Gasteiger partial charge on any atom is -0.481 e. The third kappa shape index (κ3) is 5.84. The Hall–Kier alpha value is -3.35. The van der Waals surface area contributed by atoms with E-state index in [-0.39, 0.29) is 49.8 Å². The lowest BCUT2D eigenvalue weighted by molar-refractivity contribution is -0.138. The lowest BCUT2D eigenvalue weighted by Crippen LogP contribution is -2.47. The largest absolute Gasteiger partial charge is 0.481 e. The molecular formula is C28H34N2O5. The minimum absolute atomic E-state index is 0.0204. The Balaban J connectivity index is 1.38. The molecule has 0 radical (unpaired) electrons. The number of carboxylic acid groups (broad SMARTS) is 1. The van der Waals surface area contributed by atoms with Crippen molar-refractivity contribution in [3.05, 3.63) is 59.7 Å². The molecule has 0 bridgehead atoms. The van der Waals surface area contributed by atoms with Crippen LogP contribution >= 0.6 is 0 Å². The van der Waals surface area contributed by atoms with Crippen molar-refractivity contribution in [2.45, 2.75) is 57.4 Å². The summed E-state index contributed by atoms with van der Waals surface area (Å²) in [7, 11) is 0. The van der Waals surface area contributed by atoms with Crippen LogP contribution in [0.4, 0.5) is 4.79 Å². The second-order valence-corrected chi connectivity index (χ2v) is 9.50. The number of hydrogen-bond acceptors (Lipinski definition) is 4. The lowest BCUT2D eigenvalue weighted by Gasteiger charge is -2.35. The normalized spacial score (nSPS) is 15.5. The fourth-order valence-corrected chi connectivity index (χ4v) is 5.15. The predicted molar refractivity (Wildman–Crippen MR) is 133 cm³/mol. The van der Waals surface area contributed by atoms with Gasteiger partial charge in [0.05, 0.1) is 6.42 Å². The number of carboxylic acids is 1. The van der Waals surface area contributed by atoms with Gasteiger partial charge in [-0.15, -0.1) is 0 Å². The van der Waals surface area contributed by atoms with Gasteiger partial charge in [-0.05, 0) is 47.4 Å². The van der Waals surface area contributed by atoms with Crippen LogP contribution in [0.2, 0.25) is 0 Å². The minimum atomic E-state index is -0.925. The molecule has 0 heterocycles. The molecule has 1 fully saturated rings. The zero-order valence-electron chi connectivity index (χ0n) is 20.2. The van der Waals surface area contributed by atoms with Crippen LogP contribution in [-0.2, 0) is 14.3 Å². The Morgan fingerprint density at radius 1 is 1.03 bits per heavy atom.